The molecule has 3 saturated heterocycles. The summed E-state index contributed by atoms with van der Waals surface area (Å²) in [6.07, 6.45) is 9.95. The van der Waals surface area contributed by atoms with E-state index in [4.69, 9.17) is 9.47 Å². The van der Waals surface area contributed by atoms with E-state index >= 15 is 0 Å². The van der Waals surface area contributed by atoms with Gasteiger partial charge in [-0.05, 0) is 36.1 Å². The lowest BCUT2D eigenvalue weighted by molar-refractivity contribution is -0.946. The molecule has 2 aromatic rings. The second kappa shape index (κ2) is 11.5. The van der Waals surface area contributed by atoms with E-state index in [1.54, 1.807) is 7.11 Å². The summed E-state index contributed by atoms with van der Waals surface area (Å²) in [6.45, 7) is 4.52. The van der Waals surface area contributed by atoms with Crippen LogP contribution in [0.5, 0.6) is 5.75 Å². The van der Waals surface area contributed by atoms with Crippen LogP contribution in [0.25, 0.3) is 0 Å². The SMILES string of the molecule is COc1cccc(CC[N+]23CCC(CC2)[C@@H](OC(=O)C2(c4ccccc4)CCCCCC2)C3)c1.[Br-]. The number of hydrogen-bond donors (Lipinski definition) is 0. The van der Waals surface area contributed by atoms with Gasteiger partial charge in [0.1, 0.15) is 12.3 Å². The Labute approximate surface area is 221 Å². The summed E-state index contributed by atoms with van der Waals surface area (Å²) in [5.74, 6) is 1.50. The van der Waals surface area contributed by atoms with Crippen molar-refractivity contribution in [2.24, 2.45) is 5.92 Å². The number of nitrogens with zero attached hydrogens (tertiary/aromatic N) is 1. The van der Waals surface area contributed by atoms with Gasteiger partial charge in [0.25, 0.3) is 0 Å². The van der Waals surface area contributed by atoms with Crippen LogP contribution in [0.15, 0.2) is 54.6 Å². The van der Waals surface area contributed by atoms with Gasteiger partial charge in [-0.25, -0.2) is 0 Å². The summed E-state index contributed by atoms with van der Waals surface area (Å²) < 4.78 is 13.0. The van der Waals surface area contributed by atoms with Gasteiger partial charge in [-0.1, -0.05) is 68.1 Å². The van der Waals surface area contributed by atoms with E-state index in [1.807, 2.05) is 12.1 Å². The molecule has 0 radical (unpaired) electrons. The molecule has 3 heterocycles. The monoisotopic (exact) mass is 541 g/mol. The largest absolute Gasteiger partial charge is 1.00 e. The van der Waals surface area contributed by atoms with Crippen LogP contribution >= 0.6 is 0 Å². The lowest BCUT2D eigenvalue weighted by atomic mass is 9.74. The Hall–Kier alpha value is -1.85. The number of quaternary nitrogens is 1. The number of ether oxygens (including phenoxy) is 2. The lowest BCUT2D eigenvalue weighted by Crippen LogP contribution is -3.00. The van der Waals surface area contributed by atoms with Gasteiger partial charge in [0.05, 0.1) is 32.2 Å². The second-order valence-corrected chi connectivity index (χ2v) is 10.9. The highest BCUT2D eigenvalue weighted by molar-refractivity contribution is 5.83. The minimum atomic E-state index is -0.463. The predicted molar refractivity (Wildman–Crippen MR) is 135 cm³/mol. The second-order valence-electron chi connectivity index (χ2n) is 10.9. The van der Waals surface area contributed by atoms with Crippen molar-refractivity contribution in [3.05, 3.63) is 65.7 Å². The Morgan fingerprint density at radius 3 is 2.37 bits per heavy atom. The highest BCUT2D eigenvalue weighted by Gasteiger charge is 2.50. The summed E-state index contributed by atoms with van der Waals surface area (Å²) in [6, 6.07) is 18.9. The molecule has 2 aromatic carbocycles. The highest BCUT2D eigenvalue weighted by Crippen LogP contribution is 2.42. The molecule has 0 aromatic heterocycles. The molecule has 2 bridgehead atoms. The number of methoxy groups -OCH3 is 1. The third kappa shape index (κ3) is 5.61. The molecule has 6 rings (SSSR count). The van der Waals surface area contributed by atoms with Gasteiger partial charge >= 0.3 is 5.97 Å². The normalized spacial score (nSPS) is 27.3. The van der Waals surface area contributed by atoms with Gasteiger partial charge in [0.2, 0.25) is 0 Å². The molecule has 190 valence electrons. The molecule has 4 nitrogen and oxygen atoms in total. The first-order chi connectivity index (χ1) is 16.6. The zero-order chi connectivity index (χ0) is 23.4. The predicted octanol–water partition coefficient (Wildman–Crippen LogP) is 2.69. The highest BCUT2D eigenvalue weighted by atomic mass is 79.9. The third-order valence-corrected chi connectivity index (χ3v) is 8.98. The van der Waals surface area contributed by atoms with Crippen molar-refractivity contribution >= 4 is 5.97 Å². The van der Waals surface area contributed by atoms with E-state index < -0.39 is 5.41 Å². The van der Waals surface area contributed by atoms with Gasteiger partial charge in [-0.15, -0.1) is 0 Å². The third-order valence-electron chi connectivity index (χ3n) is 8.98. The van der Waals surface area contributed by atoms with E-state index in [-0.39, 0.29) is 29.1 Å². The molecule has 0 spiro atoms. The first-order valence-corrected chi connectivity index (χ1v) is 13.4. The lowest BCUT2D eigenvalue weighted by Gasteiger charge is -2.52. The number of fused-ring (bicyclic) bond motifs is 3. The number of benzene rings is 2. The van der Waals surface area contributed by atoms with Crippen molar-refractivity contribution in [2.75, 3.05) is 33.3 Å². The zero-order valence-electron chi connectivity index (χ0n) is 21.1. The van der Waals surface area contributed by atoms with Crippen LogP contribution < -0.4 is 21.7 Å². The molecule has 5 heteroatoms. The van der Waals surface area contributed by atoms with Crippen molar-refractivity contribution in [3.8, 4) is 5.75 Å². The van der Waals surface area contributed by atoms with E-state index in [9.17, 15) is 4.79 Å². The fourth-order valence-corrected chi connectivity index (χ4v) is 6.81. The topological polar surface area (TPSA) is 35.5 Å². The van der Waals surface area contributed by atoms with Crippen LogP contribution in [0.3, 0.4) is 0 Å². The van der Waals surface area contributed by atoms with Crippen LogP contribution in [-0.2, 0) is 21.4 Å². The number of hydrogen-bond acceptors (Lipinski definition) is 3. The molecule has 0 N–H and O–H groups in total. The van der Waals surface area contributed by atoms with Crippen molar-refractivity contribution in [2.45, 2.75) is 69.3 Å². The van der Waals surface area contributed by atoms with Crippen LogP contribution in [0.4, 0.5) is 0 Å². The molecule has 4 aliphatic rings. The fourth-order valence-electron chi connectivity index (χ4n) is 6.81. The molecular weight excluding hydrogens is 502 g/mol. The fraction of sp³-hybridized carbons (Fsp3) is 0.567. The molecule has 1 aliphatic carbocycles. The minimum absolute atomic E-state index is 0. The average molecular weight is 543 g/mol. The van der Waals surface area contributed by atoms with Gasteiger partial charge < -0.3 is 30.9 Å². The number of carbonyl (C=O) groups excluding carboxylic acids is 1. The molecule has 1 saturated carbocycles. The maximum atomic E-state index is 13.9. The van der Waals surface area contributed by atoms with Crippen molar-refractivity contribution < 1.29 is 35.7 Å². The Bertz CT molecular complexity index is 963. The quantitative estimate of drug-likeness (QED) is 0.307. The number of halogens is 1. The minimum Gasteiger partial charge on any atom is -1.00 e. The summed E-state index contributed by atoms with van der Waals surface area (Å²) in [7, 11) is 1.73. The Kier molecular flexibility index (Phi) is 8.59. The Morgan fingerprint density at radius 1 is 0.971 bits per heavy atom. The van der Waals surface area contributed by atoms with E-state index in [0.29, 0.717) is 5.92 Å². The standard InChI is InChI=1S/C30H40NO3.BrH/c1-33-27-13-9-10-24(22-27)14-19-31-20-15-25(16-21-31)28(23-31)34-29(32)30(17-7-2-3-8-18-30)26-11-5-4-6-12-26;/h4-6,9-13,22,25,28H,2-3,7-8,14-21,23H2,1H3;1H/q+1;/p-1/t25?,28-,31?;/m0./s1. The molecule has 3 aliphatic heterocycles. The Balaban J connectivity index is 0.00000289. The summed E-state index contributed by atoms with van der Waals surface area (Å²) in [5.41, 5.74) is 2.02. The van der Waals surface area contributed by atoms with Gasteiger partial charge in [0, 0.05) is 25.2 Å². The molecule has 1 atom stereocenters. The molecule has 0 unspecified atom stereocenters. The first kappa shape index (κ1) is 26.2. The molecular formula is C30H40BrNO3. The maximum absolute atomic E-state index is 13.9. The van der Waals surface area contributed by atoms with Crippen molar-refractivity contribution in [3.63, 3.8) is 0 Å². The van der Waals surface area contributed by atoms with Crippen LogP contribution in [-0.4, -0.2) is 49.8 Å². The number of piperidine rings is 3. The summed E-state index contributed by atoms with van der Waals surface area (Å²) >= 11 is 0. The van der Waals surface area contributed by atoms with Crippen LogP contribution in [0.2, 0.25) is 0 Å². The van der Waals surface area contributed by atoms with Gasteiger partial charge in [-0.3, -0.25) is 4.79 Å². The summed E-state index contributed by atoms with van der Waals surface area (Å²) in [5, 5.41) is 0. The maximum Gasteiger partial charge on any atom is 0.317 e. The smallest absolute Gasteiger partial charge is 0.317 e. The Morgan fingerprint density at radius 2 is 1.69 bits per heavy atom. The van der Waals surface area contributed by atoms with Crippen molar-refractivity contribution in [1.82, 2.24) is 0 Å². The summed E-state index contributed by atoms with van der Waals surface area (Å²) in [4.78, 5) is 13.9. The average Bonchev–Trinajstić information content (AvgIpc) is 3.16. The van der Waals surface area contributed by atoms with Crippen LogP contribution in [0.1, 0.15) is 62.5 Å². The van der Waals surface area contributed by atoms with E-state index in [1.165, 1.54) is 44.3 Å². The van der Waals surface area contributed by atoms with Crippen molar-refractivity contribution in [1.29, 1.82) is 0 Å². The zero-order valence-corrected chi connectivity index (χ0v) is 22.7. The molecule has 35 heavy (non-hydrogen) atoms. The van der Waals surface area contributed by atoms with E-state index in [2.05, 4.69) is 42.5 Å². The molecule has 0 amide bonds. The first-order valence-electron chi connectivity index (χ1n) is 13.4. The molecule has 4 fully saturated rings. The number of carbonyl (C=O) groups is 1. The van der Waals surface area contributed by atoms with Gasteiger partial charge in [-0.2, -0.15) is 0 Å². The van der Waals surface area contributed by atoms with Crippen LogP contribution in [0, 0.1) is 5.92 Å². The number of esters is 1. The van der Waals surface area contributed by atoms with Gasteiger partial charge in [0.15, 0.2) is 6.10 Å². The number of rotatable bonds is 7. The van der Waals surface area contributed by atoms with E-state index in [0.717, 1.165) is 61.0 Å².